The van der Waals surface area contributed by atoms with Crippen LogP contribution in [0.5, 0.6) is 5.75 Å². The summed E-state index contributed by atoms with van der Waals surface area (Å²) in [6.45, 7) is 15.3. The van der Waals surface area contributed by atoms with Crippen LogP contribution in [0.15, 0.2) is 83.5 Å². The van der Waals surface area contributed by atoms with Crippen molar-refractivity contribution in [2.45, 2.75) is 83.9 Å². The predicted molar refractivity (Wildman–Crippen MR) is 210 cm³/mol. The van der Waals surface area contributed by atoms with Crippen LogP contribution in [0, 0.1) is 12.8 Å². The summed E-state index contributed by atoms with van der Waals surface area (Å²) < 4.78 is 26.9. The molecule has 9 heteroatoms. The van der Waals surface area contributed by atoms with Crippen molar-refractivity contribution in [1.29, 1.82) is 0 Å². The standard InChI is InChI=1S/C42H54N4O4S/c1-6-8-23-49-24-25-50-38-15-11-33(12-16-38)34-13-17-39-36(27-34)28-35(10-9-21-46(39)29-31(3)4)42(47)44-37-14-18-40(32(5)26-37)51(48)30-41-43-19-22-45(41)20-7-2/h11-19,22,26-28,31H,6-10,20-21,23-25,29-30H2,1-5H3,(H,44,47). The van der Waals surface area contributed by atoms with Gasteiger partial charge in [-0.15, -0.1) is 0 Å². The van der Waals surface area contributed by atoms with E-state index < -0.39 is 10.8 Å². The summed E-state index contributed by atoms with van der Waals surface area (Å²) in [7, 11) is -1.25. The number of hydrogen-bond acceptors (Lipinski definition) is 6. The molecule has 4 aromatic rings. The molecule has 2 heterocycles. The molecular weight excluding hydrogens is 657 g/mol. The van der Waals surface area contributed by atoms with E-state index >= 15 is 0 Å². The molecule has 0 saturated carbocycles. The maximum atomic E-state index is 13.8. The van der Waals surface area contributed by atoms with Gasteiger partial charge in [0.05, 0.1) is 23.2 Å². The highest BCUT2D eigenvalue weighted by molar-refractivity contribution is 7.84. The fourth-order valence-electron chi connectivity index (χ4n) is 6.41. The van der Waals surface area contributed by atoms with E-state index in [0.29, 0.717) is 37.0 Å². The van der Waals surface area contributed by atoms with Crippen molar-refractivity contribution in [1.82, 2.24) is 9.55 Å². The Bertz CT molecular complexity index is 1800. The number of ether oxygens (including phenoxy) is 2. The van der Waals surface area contributed by atoms with Crippen molar-refractivity contribution in [2.24, 2.45) is 5.92 Å². The van der Waals surface area contributed by atoms with E-state index in [4.69, 9.17) is 9.47 Å². The monoisotopic (exact) mass is 710 g/mol. The number of fused-ring (bicyclic) bond motifs is 1. The number of anilines is 2. The topological polar surface area (TPSA) is 85.7 Å². The van der Waals surface area contributed by atoms with Gasteiger partial charge in [0.2, 0.25) is 0 Å². The molecule has 1 atom stereocenters. The van der Waals surface area contributed by atoms with E-state index in [2.05, 4.69) is 83.9 Å². The molecule has 0 spiro atoms. The van der Waals surface area contributed by atoms with Gasteiger partial charge in [0, 0.05) is 60.5 Å². The Balaban J connectivity index is 1.32. The molecule has 1 aliphatic heterocycles. The van der Waals surface area contributed by atoms with Gasteiger partial charge in [-0.25, -0.2) is 4.98 Å². The van der Waals surface area contributed by atoms with Gasteiger partial charge >= 0.3 is 0 Å². The minimum absolute atomic E-state index is 0.112. The minimum atomic E-state index is -1.25. The zero-order valence-corrected chi connectivity index (χ0v) is 31.8. The Hall–Kier alpha value is -4.21. The molecule has 1 unspecified atom stereocenters. The number of benzene rings is 3. The molecule has 0 fully saturated rings. The molecule has 1 N–H and O–H groups in total. The van der Waals surface area contributed by atoms with E-state index in [-0.39, 0.29) is 5.91 Å². The SMILES string of the molecule is CCCCOCCOc1ccc(-c2ccc3c(c2)C=C(C(=O)Nc2ccc(S(=O)Cc4nccn4CCC)c(C)c2)CCCN3CC(C)C)cc1. The largest absolute Gasteiger partial charge is 0.491 e. The zero-order chi connectivity index (χ0) is 36.2. The molecule has 5 rings (SSSR count). The lowest BCUT2D eigenvalue weighted by molar-refractivity contribution is -0.112. The van der Waals surface area contributed by atoms with E-state index in [1.54, 1.807) is 6.20 Å². The third-order valence-electron chi connectivity index (χ3n) is 8.98. The number of carbonyl (C=O) groups is 1. The van der Waals surface area contributed by atoms with Gasteiger partial charge in [-0.2, -0.15) is 0 Å². The number of rotatable bonds is 17. The highest BCUT2D eigenvalue weighted by Gasteiger charge is 2.20. The second-order valence-corrected chi connectivity index (χ2v) is 15.1. The third kappa shape index (κ3) is 10.7. The zero-order valence-electron chi connectivity index (χ0n) is 31.0. The molecule has 272 valence electrons. The first-order chi connectivity index (χ1) is 24.7. The van der Waals surface area contributed by atoms with E-state index in [1.165, 1.54) is 0 Å². The molecular formula is C42H54N4O4S. The van der Waals surface area contributed by atoms with Crippen molar-refractivity contribution in [3.63, 3.8) is 0 Å². The summed E-state index contributed by atoms with van der Waals surface area (Å²) in [5.41, 5.74) is 6.66. The number of nitrogens with zero attached hydrogens (tertiary/aromatic N) is 3. The Kier molecular flexibility index (Phi) is 14.1. The van der Waals surface area contributed by atoms with Crippen LogP contribution in [0.25, 0.3) is 17.2 Å². The van der Waals surface area contributed by atoms with E-state index in [1.807, 2.05) is 43.5 Å². The molecule has 0 saturated heterocycles. The normalized spacial score (nSPS) is 13.7. The van der Waals surface area contributed by atoms with Gasteiger partial charge in [0.1, 0.15) is 18.2 Å². The number of hydrogen-bond donors (Lipinski definition) is 1. The summed E-state index contributed by atoms with van der Waals surface area (Å²) in [6.07, 6.45) is 10.5. The van der Waals surface area contributed by atoms with Gasteiger partial charge in [0.15, 0.2) is 0 Å². The minimum Gasteiger partial charge on any atom is -0.491 e. The number of nitrogens with one attached hydrogen (secondary N) is 1. The second kappa shape index (κ2) is 18.9. The van der Waals surface area contributed by atoms with Crippen molar-refractivity contribution in [3.05, 3.63) is 95.6 Å². The molecule has 0 radical (unpaired) electrons. The van der Waals surface area contributed by atoms with Gasteiger partial charge < -0.3 is 24.3 Å². The van der Waals surface area contributed by atoms with Crippen LogP contribution >= 0.6 is 0 Å². The summed E-state index contributed by atoms with van der Waals surface area (Å²) in [5, 5.41) is 3.14. The lowest BCUT2D eigenvalue weighted by Crippen LogP contribution is -2.30. The van der Waals surface area contributed by atoms with Crippen LogP contribution in [0.1, 0.15) is 76.8 Å². The molecule has 51 heavy (non-hydrogen) atoms. The summed E-state index contributed by atoms with van der Waals surface area (Å²) in [6, 6.07) is 20.4. The summed E-state index contributed by atoms with van der Waals surface area (Å²) >= 11 is 0. The van der Waals surface area contributed by atoms with E-state index in [0.717, 1.165) is 102 Å². The average Bonchev–Trinajstić information content (AvgIpc) is 3.54. The fraction of sp³-hybridized carbons (Fsp3) is 0.429. The molecule has 1 amide bonds. The highest BCUT2D eigenvalue weighted by atomic mass is 32.2. The average molecular weight is 711 g/mol. The number of carbonyl (C=O) groups excluding carboxylic acids is 1. The predicted octanol–water partition coefficient (Wildman–Crippen LogP) is 9.05. The molecule has 3 aromatic carbocycles. The molecule has 1 aliphatic rings. The third-order valence-corrected chi connectivity index (χ3v) is 10.4. The van der Waals surface area contributed by atoms with Gasteiger partial charge in [-0.05, 0) is 109 Å². The molecule has 1 aromatic heterocycles. The van der Waals surface area contributed by atoms with Crippen molar-refractivity contribution >= 4 is 34.2 Å². The van der Waals surface area contributed by atoms with Crippen LogP contribution in [-0.2, 0) is 32.6 Å². The Morgan fingerprint density at radius 1 is 0.980 bits per heavy atom. The number of imidazole rings is 1. The van der Waals surface area contributed by atoms with Gasteiger partial charge in [-0.3, -0.25) is 9.00 Å². The van der Waals surface area contributed by atoms with Crippen LogP contribution in [0.4, 0.5) is 11.4 Å². The van der Waals surface area contributed by atoms with E-state index in [9.17, 15) is 9.00 Å². The second-order valence-electron chi connectivity index (χ2n) is 13.7. The maximum absolute atomic E-state index is 13.8. The quantitative estimate of drug-likeness (QED) is 0.110. The van der Waals surface area contributed by atoms with Gasteiger partial charge in [0.25, 0.3) is 5.91 Å². The first-order valence-electron chi connectivity index (χ1n) is 18.5. The highest BCUT2D eigenvalue weighted by Crippen LogP contribution is 2.33. The van der Waals surface area contributed by atoms with Crippen LogP contribution < -0.4 is 15.0 Å². The maximum Gasteiger partial charge on any atom is 0.251 e. The van der Waals surface area contributed by atoms with Crippen LogP contribution in [-0.4, -0.2) is 52.6 Å². The van der Waals surface area contributed by atoms with Crippen LogP contribution in [0.2, 0.25) is 0 Å². The number of aromatic nitrogens is 2. The Labute approximate surface area is 306 Å². The molecule has 8 nitrogen and oxygen atoms in total. The van der Waals surface area contributed by atoms with Crippen LogP contribution in [0.3, 0.4) is 0 Å². The number of unbranched alkanes of at least 4 members (excludes halogenated alkanes) is 1. The van der Waals surface area contributed by atoms with Crippen molar-refractivity contribution < 1.29 is 18.5 Å². The van der Waals surface area contributed by atoms with Crippen molar-refractivity contribution in [2.75, 3.05) is 43.1 Å². The molecule has 0 bridgehead atoms. The Morgan fingerprint density at radius 2 is 1.78 bits per heavy atom. The summed E-state index contributed by atoms with van der Waals surface area (Å²) in [4.78, 5) is 21.4. The smallest absolute Gasteiger partial charge is 0.251 e. The number of aryl methyl sites for hydroxylation is 2. The Morgan fingerprint density at radius 3 is 2.53 bits per heavy atom. The summed E-state index contributed by atoms with van der Waals surface area (Å²) in [5.74, 6) is 2.39. The van der Waals surface area contributed by atoms with Crippen molar-refractivity contribution in [3.8, 4) is 16.9 Å². The lowest BCUT2D eigenvalue weighted by atomic mass is 9.96. The first kappa shape index (κ1) is 38.0. The van der Waals surface area contributed by atoms with Gasteiger partial charge in [-0.1, -0.05) is 52.3 Å². The first-order valence-corrected chi connectivity index (χ1v) is 19.8. The molecule has 0 aliphatic carbocycles. The fourth-order valence-corrected chi connectivity index (χ4v) is 7.68. The number of amides is 1. The lowest BCUT2D eigenvalue weighted by Gasteiger charge is -2.30.